The van der Waals surface area contributed by atoms with Crippen LogP contribution in [0.3, 0.4) is 0 Å². The van der Waals surface area contributed by atoms with Gasteiger partial charge in [0, 0.05) is 0 Å². The third-order valence-corrected chi connectivity index (χ3v) is 3.51. The summed E-state index contributed by atoms with van der Waals surface area (Å²) in [6.45, 7) is 12.8. The second kappa shape index (κ2) is 7.67. The van der Waals surface area contributed by atoms with E-state index in [0.717, 1.165) is 0 Å². The molecule has 1 aromatic carbocycles. The molecular weight excluding hydrogens is 333 g/mol. The van der Waals surface area contributed by atoms with Crippen molar-refractivity contribution in [2.45, 2.75) is 78.7 Å². The summed E-state index contributed by atoms with van der Waals surface area (Å²) in [5.41, 5.74) is 1.42. The average Bonchev–Trinajstić information content (AvgIpc) is 2.35. The number of hydrogen-bond acceptors (Lipinski definition) is 3. The van der Waals surface area contributed by atoms with Crippen LogP contribution in [0.4, 0.5) is 13.2 Å². The number of halogens is 3. The summed E-state index contributed by atoms with van der Waals surface area (Å²) in [4.78, 5) is 12.3. The van der Waals surface area contributed by atoms with Gasteiger partial charge in [0.2, 0.25) is 0 Å². The Labute approximate surface area is 147 Å². The lowest BCUT2D eigenvalue weighted by molar-refractivity contribution is -0.274. The van der Waals surface area contributed by atoms with E-state index in [2.05, 4.69) is 4.74 Å². The first-order valence-corrected chi connectivity index (χ1v) is 8.34. The first-order valence-electron chi connectivity index (χ1n) is 8.34. The van der Waals surface area contributed by atoms with Crippen LogP contribution in [0.15, 0.2) is 12.1 Å². The van der Waals surface area contributed by atoms with Crippen molar-refractivity contribution in [3.05, 3.63) is 28.8 Å². The number of ether oxygens (including phenoxy) is 2. The van der Waals surface area contributed by atoms with Crippen LogP contribution >= 0.6 is 0 Å². The van der Waals surface area contributed by atoms with Crippen molar-refractivity contribution in [1.82, 2.24) is 0 Å². The Bertz CT molecular complexity index is 582. The van der Waals surface area contributed by atoms with Crippen molar-refractivity contribution >= 4 is 5.97 Å². The fourth-order valence-electron chi connectivity index (χ4n) is 2.64. The summed E-state index contributed by atoms with van der Waals surface area (Å²) in [5.74, 6) is -0.785. The number of esters is 1. The molecule has 0 aliphatic rings. The molecule has 0 aromatic heterocycles. The van der Waals surface area contributed by atoms with E-state index in [1.54, 1.807) is 20.8 Å². The number of carbonyl (C=O) groups excluding carboxylic acids is 1. The summed E-state index contributed by atoms with van der Waals surface area (Å²) in [6, 6.07) is 2.73. The van der Waals surface area contributed by atoms with Gasteiger partial charge in [0.05, 0.1) is 6.42 Å². The van der Waals surface area contributed by atoms with Gasteiger partial charge < -0.3 is 9.47 Å². The Morgan fingerprint density at radius 2 is 1.44 bits per heavy atom. The van der Waals surface area contributed by atoms with Gasteiger partial charge in [0.1, 0.15) is 11.4 Å². The lowest BCUT2D eigenvalue weighted by atomic mass is 9.86. The van der Waals surface area contributed by atoms with Gasteiger partial charge in [0.25, 0.3) is 0 Å². The summed E-state index contributed by atoms with van der Waals surface area (Å²) in [7, 11) is 0. The van der Waals surface area contributed by atoms with E-state index in [0.29, 0.717) is 16.7 Å². The smallest absolute Gasteiger partial charge is 0.460 e. The van der Waals surface area contributed by atoms with E-state index >= 15 is 0 Å². The third kappa shape index (κ3) is 6.96. The summed E-state index contributed by atoms with van der Waals surface area (Å²) < 4.78 is 47.3. The number of alkyl halides is 3. The van der Waals surface area contributed by atoms with Crippen LogP contribution in [-0.2, 0) is 16.0 Å². The molecule has 0 aliphatic heterocycles. The van der Waals surface area contributed by atoms with Crippen molar-refractivity contribution in [2.24, 2.45) is 0 Å². The Morgan fingerprint density at radius 3 is 1.76 bits per heavy atom. The predicted molar refractivity (Wildman–Crippen MR) is 90.9 cm³/mol. The van der Waals surface area contributed by atoms with Crippen LogP contribution in [-0.4, -0.2) is 17.9 Å². The lowest BCUT2D eigenvalue weighted by Crippen LogP contribution is -2.26. The Morgan fingerprint density at radius 1 is 1.00 bits per heavy atom. The molecule has 0 unspecified atom stereocenters. The molecule has 1 rings (SSSR count). The zero-order chi connectivity index (χ0) is 19.6. The van der Waals surface area contributed by atoms with Crippen molar-refractivity contribution in [3.8, 4) is 5.75 Å². The molecule has 6 heteroatoms. The van der Waals surface area contributed by atoms with Crippen LogP contribution in [0.25, 0.3) is 0 Å². The van der Waals surface area contributed by atoms with Crippen molar-refractivity contribution in [1.29, 1.82) is 0 Å². The molecule has 0 atom stereocenters. The summed E-state index contributed by atoms with van der Waals surface area (Å²) in [6.07, 6.45) is -4.74. The van der Waals surface area contributed by atoms with Gasteiger partial charge in [-0.1, -0.05) is 27.7 Å². The van der Waals surface area contributed by atoms with Gasteiger partial charge >= 0.3 is 12.3 Å². The largest absolute Gasteiger partial charge is 0.573 e. The minimum Gasteiger partial charge on any atom is -0.460 e. The van der Waals surface area contributed by atoms with E-state index in [4.69, 9.17) is 4.74 Å². The highest BCUT2D eigenvalue weighted by Crippen LogP contribution is 2.35. The number of carbonyl (C=O) groups is 1. The standard InChI is InChI=1S/C19H27F3O3/c1-11(2)14-8-13(24-19(20,21)22)9-15(12(3)4)16(14)10-17(23)25-18(5,6)7/h8-9,11-12H,10H2,1-7H3. The molecule has 25 heavy (non-hydrogen) atoms. The maximum atomic E-state index is 12.6. The molecule has 0 bridgehead atoms. The molecule has 0 N–H and O–H groups in total. The normalized spacial score (nSPS) is 12.6. The molecule has 0 aliphatic carbocycles. The molecule has 142 valence electrons. The van der Waals surface area contributed by atoms with Gasteiger partial charge in [-0.2, -0.15) is 0 Å². The van der Waals surface area contributed by atoms with Crippen molar-refractivity contribution in [2.75, 3.05) is 0 Å². The zero-order valence-corrected chi connectivity index (χ0v) is 15.9. The quantitative estimate of drug-likeness (QED) is 0.630. The molecule has 3 nitrogen and oxygen atoms in total. The minimum atomic E-state index is -4.75. The predicted octanol–water partition coefficient (Wildman–Crippen LogP) is 5.72. The second-order valence-corrected chi connectivity index (χ2v) is 7.70. The van der Waals surface area contributed by atoms with Crippen molar-refractivity contribution < 1.29 is 27.4 Å². The highest BCUT2D eigenvalue weighted by molar-refractivity contribution is 5.74. The molecule has 0 spiro atoms. The molecule has 0 amide bonds. The van der Waals surface area contributed by atoms with E-state index in [1.807, 2.05) is 27.7 Å². The van der Waals surface area contributed by atoms with E-state index in [9.17, 15) is 18.0 Å². The van der Waals surface area contributed by atoms with Gasteiger partial charge in [-0.15, -0.1) is 13.2 Å². The molecule has 0 saturated heterocycles. The number of hydrogen-bond donors (Lipinski definition) is 0. The fourth-order valence-corrected chi connectivity index (χ4v) is 2.64. The molecule has 0 fully saturated rings. The SMILES string of the molecule is CC(C)c1cc(OC(F)(F)F)cc(C(C)C)c1CC(=O)OC(C)(C)C. The van der Waals surface area contributed by atoms with E-state index < -0.39 is 17.9 Å². The van der Waals surface area contributed by atoms with E-state index in [-0.39, 0.29) is 24.0 Å². The van der Waals surface area contributed by atoms with Gasteiger partial charge in [-0.3, -0.25) is 4.79 Å². The molecule has 0 radical (unpaired) electrons. The minimum absolute atomic E-state index is 0.0184. The lowest BCUT2D eigenvalue weighted by Gasteiger charge is -2.24. The van der Waals surface area contributed by atoms with Crippen LogP contribution in [0, 0.1) is 0 Å². The van der Waals surface area contributed by atoms with Crippen LogP contribution in [0.2, 0.25) is 0 Å². The number of benzene rings is 1. The molecule has 0 heterocycles. The Hall–Kier alpha value is -1.72. The Balaban J connectivity index is 3.36. The van der Waals surface area contributed by atoms with Crippen LogP contribution in [0.1, 0.15) is 77.0 Å². The maximum Gasteiger partial charge on any atom is 0.573 e. The maximum absolute atomic E-state index is 12.6. The van der Waals surface area contributed by atoms with Gasteiger partial charge in [0.15, 0.2) is 0 Å². The Kier molecular flexibility index (Phi) is 6.54. The highest BCUT2D eigenvalue weighted by Gasteiger charge is 2.32. The van der Waals surface area contributed by atoms with Crippen LogP contribution in [0.5, 0.6) is 5.75 Å². The first kappa shape index (κ1) is 21.3. The topological polar surface area (TPSA) is 35.5 Å². The fraction of sp³-hybridized carbons (Fsp3) is 0.632. The van der Waals surface area contributed by atoms with Crippen LogP contribution < -0.4 is 4.74 Å². The monoisotopic (exact) mass is 360 g/mol. The summed E-state index contributed by atoms with van der Waals surface area (Å²) >= 11 is 0. The molecular formula is C19H27F3O3. The zero-order valence-electron chi connectivity index (χ0n) is 15.9. The summed E-state index contributed by atoms with van der Waals surface area (Å²) in [5, 5.41) is 0. The first-order chi connectivity index (χ1) is 11.2. The highest BCUT2D eigenvalue weighted by atomic mass is 19.4. The van der Waals surface area contributed by atoms with Gasteiger partial charge in [-0.25, -0.2) is 0 Å². The van der Waals surface area contributed by atoms with Gasteiger partial charge in [-0.05, 0) is 61.4 Å². The third-order valence-electron chi connectivity index (χ3n) is 3.51. The van der Waals surface area contributed by atoms with E-state index in [1.165, 1.54) is 12.1 Å². The average molecular weight is 360 g/mol. The molecule has 0 saturated carbocycles. The van der Waals surface area contributed by atoms with Crippen molar-refractivity contribution in [3.63, 3.8) is 0 Å². The second-order valence-electron chi connectivity index (χ2n) is 7.70. The number of rotatable bonds is 5. The molecule has 1 aromatic rings.